The van der Waals surface area contributed by atoms with Crippen molar-refractivity contribution >= 4 is 5.91 Å². The Hall–Kier alpha value is -1.08. The lowest BCUT2D eigenvalue weighted by atomic mass is 9.93. The third-order valence-corrected chi connectivity index (χ3v) is 4.32. The van der Waals surface area contributed by atoms with Gasteiger partial charge in [0, 0.05) is 18.1 Å². The fraction of sp³-hybridized carbons (Fsp3) is 0.867. The largest absolute Gasteiger partial charge is 0.349 e. The molecule has 1 N–H and O–H groups in total. The second kappa shape index (κ2) is 5.92. The van der Waals surface area contributed by atoms with Gasteiger partial charge in [0.25, 0.3) is 0 Å². The van der Waals surface area contributed by atoms with Gasteiger partial charge in [-0.3, -0.25) is 9.69 Å². The van der Waals surface area contributed by atoms with Crippen molar-refractivity contribution in [2.24, 2.45) is 0 Å². The van der Waals surface area contributed by atoms with Crippen LogP contribution in [0.1, 0.15) is 58.8 Å². The number of nitriles is 1. The van der Waals surface area contributed by atoms with Gasteiger partial charge in [-0.05, 0) is 26.7 Å². The van der Waals surface area contributed by atoms with E-state index in [1.165, 1.54) is 38.5 Å². The summed E-state index contributed by atoms with van der Waals surface area (Å²) in [7, 11) is 0. The Morgan fingerprint density at radius 1 is 1.32 bits per heavy atom. The minimum absolute atomic E-state index is 0.0297. The van der Waals surface area contributed by atoms with E-state index >= 15 is 0 Å². The van der Waals surface area contributed by atoms with E-state index in [0.29, 0.717) is 12.5 Å². The molecule has 1 aliphatic carbocycles. The lowest BCUT2D eigenvalue weighted by Gasteiger charge is -2.46. The van der Waals surface area contributed by atoms with Crippen LogP contribution >= 0.6 is 0 Å². The molecule has 2 fully saturated rings. The SMILES string of the molecule is CC1(C)CN(C2CCCCCC2)C(CC#N)C(=O)N1. The molecule has 0 bridgehead atoms. The van der Waals surface area contributed by atoms with E-state index in [2.05, 4.69) is 30.1 Å². The van der Waals surface area contributed by atoms with Gasteiger partial charge in [-0.25, -0.2) is 0 Å². The molecule has 2 aliphatic rings. The van der Waals surface area contributed by atoms with Crippen LogP contribution in [0.3, 0.4) is 0 Å². The topological polar surface area (TPSA) is 56.1 Å². The molecular weight excluding hydrogens is 238 g/mol. The lowest BCUT2D eigenvalue weighted by molar-refractivity contribution is -0.134. The Morgan fingerprint density at radius 2 is 1.95 bits per heavy atom. The zero-order valence-corrected chi connectivity index (χ0v) is 12.1. The van der Waals surface area contributed by atoms with Crippen molar-refractivity contribution in [2.75, 3.05) is 6.54 Å². The highest BCUT2D eigenvalue weighted by atomic mass is 16.2. The minimum Gasteiger partial charge on any atom is -0.349 e. The van der Waals surface area contributed by atoms with Crippen LogP contribution in [0.25, 0.3) is 0 Å². The smallest absolute Gasteiger partial charge is 0.238 e. The van der Waals surface area contributed by atoms with Crippen LogP contribution in [0.4, 0.5) is 0 Å². The Bertz CT molecular complexity index is 364. The molecule has 1 saturated carbocycles. The Kier molecular flexibility index (Phi) is 4.46. The van der Waals surface area contributed by atoms with Gasteiger partial charge in [0.05, 0.1) is 12.5 Å². The summed E-state index contributed by atoms with van der Waals surface area (Å²) >= 11 is 0. The summed E-state index contributed by atoms with van der Waals surface area (Å²) in [5.41, 5.74) is -0.185. The summed E-state index contributed by atoms with van der Waals surface area (Å²) in [5, 5.41) is 12.0. The van der Waals surface area contributed by atoms with Crippen LogP contribution < -0.4 is 5.32 Å². The third kappa shape index (κ3) is 3.48. The van der Waals surface area contributed by atoms with Crippen molar-refractivity contribution in [3.05, 3.63) is 0 Å². The van der Waals surface area contributed by atoms with Crippen LogP contribution in [-0.2, 0) is 4.79 Å². The molecular formula is C15H25N3O. The number of piperazine rings is 1. The van der Waals surface area contributed by atoms with Gasteiger partial charge in [-0.15, -0.1) is 0 Å². The van der Waals surface area contributed by atoms with E-state index in [9.17, 15) is 4.79 Å². The molecule has 0 aromatic rings. The van der Waals surface area contributed by atoms with E-state index < -0.39 is 0 Å². The highest BCUT2D eigenvalue weighted by Gasteiger charge is 2.41. The van der Waals surface area contributed by atoms with Crippen LogP contribution in [0, 0.1) is 11.3 Å². The molecule has 0 aromatic heterocycles. The number of rotatable bonds is 2. The zero-order valence-electron chi connectivity index (χ0n) is 12.1. The molecule has 4 nitrogen and oxygen atoms in total. The fourth-order valence-corrected chi connectivity index (χ4v) is 3.44. The van der Waals surface area contributed by atoms with Crippen molar-refractivity contribution in [3.63, 3.8) is 0 Å². The molecule has 4 heteroatoms. The molecule has 1 amide bonds. The van der Waals surface area contributed by atoms with Crippen molar-refractivity contribution < 1.29 is 4.79 Å². The molecule has 1 saturated heterocycles. The monoisotopic (exact) mass is 263 g/mol. The number of nitrogens with zero attached hydrogens (tertiary/aromatic N) is 2. The number of amides is 1. The van der Waals surface area contributed by atoms with Crippen molar-refractivity contribution in [3.8, 4) is 6.07 Å². The number of hydrogen-bond acceptors (Lipinski definition) is 3. The van der Waals surface area contributed by atoms with Crippen molar-refractivity contribution in [2.45, 2.75) is 76.4 Å². The van der Waals surface area contributed by atoms with E-state index in [1.807, 2.05) is 0 Å². The Balaban J connectivity index is 2.16. The van der Waals surface area contributed by atoms with Gasteiger partial charge >= 0.3 is 0 Å². The maximum Gasteiger partial charge on any atom is 0.238 e. The first-order chi connectivity index (χ1) is 9.03. The number of carbonyl (C=O) groups excluding carboxylic acids is 1. The second-order valence-corrected chi connectivity index (χ2v) is 6.57. The maximum atomic E-state index is 12.2. The average molecular weight is 263 g/mol. The lowest BCUT2D eigenvalue weighted by Crippen LogP contribution is -2.66. The van der Waals surface area contributed by atoms with Gasteiger partial charge in [-0.2, -0.15) is 5.26 Å². The summed E-state index contributed by atoms with van der Waals surface area (Å²) in [4.78, 5) is 14.5. The number of carbonyl (C=O) groups is 1. The predicted molar refractivity (Wildman–Crippen MR) is 74.4 cm³/mol. The average Bonchev–Trinajstić information content (AvgIpc) is 2.60. The first-order valence-corrected chi connectivity index (χ1v) is 7.48. The molecule has 0 radical (unpaired) electrons. The molecule has 0 spiro atoms. The third-order valence-electron chi connectivity index (χ3n) is 4.32. The van der Waals surface area contributed by atoms with Gasteiger partial charge in [0.15, 0.2) is 0 Å². The molecule has 1 heterocycles. The van der Waals surface area contributed by atoms with E-state index in [0.717, 1.165) is 6.54 Å². The highest BCUT2D eigenvalue weighted by molar-refractivity contribution is 5.83. The predicted octanol–water partition coefficient (Wildman–Crippen LogP) is 2.20. The highest BCUT2D eigenvalue weighted by Crippen LogP contribution is 2.28. The molecule has 2 rings (SSSR count). The van der Waals surface area contributed by atoms with Gasteiger partial charge < -0.3 is 5.32 Å². The summed E-state index contributed by atoms with van der Waals surface area (Å²) in [6, 6.07) is 2.41. The van der Waals surface area contributed by atoms with Gasteiger partial charge in [-0.1, -0.05) is 25.7 Å². The molecule has 1 unspecified atom stereocenters. The molecule has 19 heavy (non-hydrogen) atoms. The molecule has 1 atom stereocenters. The second-order valence-electron chi connectivity index (χ2n) is 6.57. The Morgan fingerprint density at radius 3 is 2.53 bits per heavy atom. The van der Waals surface area contributed by atoms with E-state index in [-0.39, 0.29) is 17.5 Å². The maximum absolute atomic E-state index is 12.2. The van der Waals surface area contributed by atoms with Gasteiger partial charge in [0.2, 0.25) is 5.91 Å². The van der Waals surface area contributed by atoms with Gasteiger partial charge in [0.1, 0.15) is 6.04 Å². The minimum atomic E-state index is -0.249. The van der Waals surface area contributed by atoms with E-state index in [4.69, 9.17) is 5.26 Å². The fourth-order valence-electron chi connectivity index (χ4n) is 3.44. The first kappa shape index (κ1) is 14.3. The zero-order chi connectivity index (χ0) is 13.9. The van der Waals surface area contributed by atoms with Crippen LogP contribution in [0.15, 0.2) is 0 Å². The standard InChI is InChI=1S/C15H25N3O/c1-15(2)11-18(12-7-5-3-4-6-8-12)13(9-10-16)14(19)17-15/h12-13H,3-9,11H2,1-2H3,(H,17,19). The quantitative estimate of drug-likeness (QED) is 0.777. The first-order valence-electron chi connectivity index (χ1n) is 7.48. The molecule has 106 valence electrons. The van der Waals surface area contributed by atoms with Crippen LogP contribution in [0.2, 0.25) is 0 Å². The van der Waals surface area contributed by atoms with Crippen molar-refractivity contribution in [1.29, 1.82) is 5.26 Å². The van der Waals surface area contributed by atoms with E-state index in [1.54, 1.807) is 0 Å². The molecule has 0 aromatic carbocycles. The summed E-state index contributed by atoms with van der Waals surface area (Å²) < 4.78 is 0. The molecule has 1 aliphatic heterocycles. The van der Waals surface area contributed by atoms with Crippen LogP contribution in [0.5, 0.6) is 0 Å². The summed E-state index contributed by atoms with van der Waals surface area (Å²) in [6.07, 6.45) is 7.77. The van der Waals surface area contributed by atoms with Crippen LogP contribution in [-0.4, -0.2) is 35.0 Å². The number of nitrogens with one attached hydrogen (secondary N) is 1. The Labute approximate surface area is 116 Å². The number of hydrogen-bond donors (Lipinski definition) is 1. The normalized spacial score (nSPS) is 29.3. The van der Waals surface area contributed by atoms with Crippen molar-refractivity contribution in [1.82, 2.24) is 10.2 Å². The summed E-state index contributed by atoms with van der Waals surface area (Å²) in [6.45, 7) is 4.99. The summed E-state index contributed by atoms with van der Waals surface area (Å²) in [5.74, 6) is 0.0297.